The highest BCUT2D eigenvalue weighted by atomic mass is 16.7. The van der Waals surface area contributed by atoms with Crippen LogP contribution in [0.15, 0.2) is 132 Å². The average molecular weight is 726 g/mol. The van der Waals surface area contributed by atoms with Crippen LogP contribution >= 0.6 is 0 Å². The van der Waals surface area contributed by atoms with Crippen LogP contribution in [-0.4, -0.2) is 51.3 Å². The number of aliphatic hydroxyl groups is 1. The van der Waals surface area contributed by atoms with Gasteiger partial charge in [0.2, 0.25) is 0 Å². The van der Waals surface area contributed by atoms with Crippen molar-refractivity contribution in [3.63, 3.8) is 0 Å². The summed E-state index contributed by atoms with van der Waals surface area (Å²) < 4.78 is 21.0. The summed E-state index contributed by atoms with van der Waals surface area (Å²) in [4.78, 5) is 31.3. The molecule has 2 amide bonds. The largest absolute Gasteiger partial charge is 0.457 e. The van der Waals surface area contributed by atoms with Gasteiger partial charge >= 0.3 is 11.7 Å². The van der Waals surface area contributed by atoms with Crippen LogP contribution in [0.4, 0.5) is 16.2 Å². The lowest BCUT2D eigenvalue weighted by Crippen LogP contribution is -2.43. The second-order valence-electron chi connectivity index (χ2n) is 13.8. The molecule has 2 aliphatic rings. The van der Waals surface area contributed by atoms with Crippen LogP contribution in [0.5, 0.6) is 11.5 Å². The number of anilines is 2. The van der Waals surface area contributed by atoms with Crippen molar-refractivity contribution >= 4 is 28.4 Å². The number of urea groups is 1. The van der Waals surface area contributed by atoms with E-state index in [0.29, 0.717) is 23.5 Å². The van der Waals surface area contributed by atoms with Crippen molar-refractivity contribution in [1.29, 1.82) is 0 Å². The number of aliphatic hydroxyl groups excluding tert-OH is 1. The molecule has 11 nitrogen and oxygen atoms in total. The molecule has 4 N–H and O–H groups in total. The number of H-pyrrole nitrogens is 1. The summed E-state index contributed by atoms with van der Waals surface area (Å²) in [5.41, 5.74) is 5.61. The van der Waals surface area contributed by atoms with Crippen molar-refractivity contribution in [2.45, 2.75) is 50.4 Å². The summed E-state index contributed by atoms with van der Waals surface area (Å²) in [7, 11) is 0. The van der Waals surface area contributed by atoms with E-state index in [4.69, 9.17) is 14.2 Å². The van der Waals surface area contributed by atoms with E-state index in [1.165, 1.54) is 0 Å². The Morgan fingerprint density at radius 3 is 2.28 bits per heavy atom. The minimum absolute atomic E-state index is 0.0256. The van der Waals surface area contributed by atoms with Gasteiger partial charge in [0, 0.05) is 49.0 Å². The van der Waals surface area contributed by atoms with Gasteiger partial charge in [-0.25, -0.2) is 9.59 Å². The third kappa shape index (κ3) is 8.24. The third-order valence-electron chi connectivity index (χ3n) is 10.1. The van der Waals surface area contributed by atoms with Gasteiger partial charge in [0.1, 0.15) is 11.5 Å². The van der Waals surface area contributed by atoms with Gasteiger partial charge in [-0.2, -0.15) is 0 Å². The fraction of sp³-hybridized carbons (Fsp3) is 0.256. The molecule has 0 saturated carbocycles. The minimum atomic E-state index is -0.671. The van der Waals surface area contributed by atoms with E-state index < -0.39 is 6.29 Å². The third-order valence-corrected chi connectivity index (χ3v) is 10.1. The maximum atomic E-state index is 13.0. The number of aromatic amines is 1. The number of carbonyl (C=O) groups is 1. The number of rotatable bonds is 10. The number of nitrogens with zero attached hydrogens (tertiary/aromatic N) is 2. The molecule has 6 aromatic rings. The van der Waals surface area contributed by atoms with Crippen LogP contribution in [0, 0.1) is 0 Å². The Hall–Kier alpha value is -5.72. The summed E-state index contributed by atoms with van der Waals surface area (Å²) in [5.74, 6) is 1.40. The van der Waals surface area contributed by atoms with E-state index >= 15 is 0 Å². The molecule has 11 heteroatoms. The molecule has 0 spiro atoms. The lowest BCUT2D eigenvalue weighted by Gasteiger charge is -2.40. The Balaban J connectivity index is 0.928. The van der Waals surface area contributed by atoms with Crippen molar-refractivity contribution in [3.8, 4) is 11.5 Å². The van der Waals surface area contributed by atoms with Crippen LogP contribution in [0.3, 0.4) is 0 Å². The predicted octanol–water partition coefficient (Wildman–Crippen LogP) is 8.14. The van der Waals surface area contributed by atoms with Gasteiger partial charge in [0.15, 0.2) is 6.29 Å². The number of fused-ring (bicyclic) bond motifs is 1. The second kappa shape index (κ2) is 16.1. The molecule has 8 rings (SSSR count). The molecule has 3 heterocycles. The Morgan fingerprint density at radius 2 is 1.50 bits per heavy atom. The number of imidazole rings is 1. The molecule has 0 radical (unpaired) electrons. The quantitative estimate of drug-likeness (QED) is 0.112. The first-order chi connectivity index (χ1) is 26.5. The Bertz CT molecular complexity index is 2230. The summed E-state index contributed by atoms with van der Waals surface area (Å²) in [6, 6.07) is 39.7. The van der Waals surface area contributed by atoms with Crippen LogP contribution in [0.1, 0.15) is 54.4 Å². The molecule has 1 aromatic heterocycles. The smallest absolute Gasteiger partial charge is 0.326 e. The molecule has 5 aromatic carbocycles. The molecule has 2 aliphatic heterocycles. The number of piperidine rings is 1. The molecule has 2 saturated heterocycles. The lowest BCUT2D eigenvalue weighted by atomic mass is 9.98. The number of carbonyl (C=O) groups excluding carboxylic acids is 1. The van der Waals surface area contributed by atoms with Crippen molar-refractivity contribution in [2.24, 2.45) is 0 Å². The lowest BCUT2D eigenvalue weighted by molar-refractivity contribution is -0.253. The molecule has 0 bridgehead atoms. The number of hydrogen-bond acceptors (Lipinski definition) is 7. The zero-order valence-corrected chi connectivity index (χ0v) is 29.8. The monoisotopic (exact) mass is 725 g/mol. The summed E-state index contributed by atoms with van der Waals surface area (Å²) in [6.45, 7) is 2.38. The number of aromatic nitrogens is 2. The maximum absolute atomic E-state index is 13.0. The fourth-order valence-electron chi connectivity index (χ4n) is 7.41. The Morgan fingerprint density at radius 1 is 0.778 bits per heavy atom. The van der Waals surface area contributed by atoms with Gasteiger partial charge in [0.05, 0.1) is 29.8 Å². The van der Waals surface area contributed by atoms with Crippen molar-refractivity contribution in [1.82, 2.24) is 14.5 Å². The first-order valence-electron chi connectivity index (χ1n) is 18.4. The topological polar surface area (TPSA) is 130 Å². The Kier molecular flexibility index (Phi) is 10.5. The van der Waals surface area contributed by atoms with Gasteiger partial charge in [-0.05, 0) is 84.6 Å². The highest BCUT2D eigenvalue weighted by Crippen LogP contribution is 2.39. The minimum Gasteiger partial charge on any atom is -0.457 e. The Labute approximate surface area is 313 Å². The van der Waals surface area contributed by atoms with E-state index in [9.17, 15) is 14.7 Å². The number of benzene rings is 5. The van der Waals surface area contributed by atoms with Crippen LogP contribution < -0.4 is 21.1 Å². The zero-order chi connectivity index (χ0) is 36.9. The highest BCUT2D eigenvalue weighted by Gasteiger charge is 2.34. The molecule has 0 aliphatic carbocycles. The van der Waals surface area contributed by atoms with E-state index in [1.807, 2.05) is 108 Å². The number of hydrogen-bond donors (Lipinski definition) is 4. The first-order valence-corrected chi connectivity index (χ1v) is 18.4. The average Bonchev–Trinajstić information content (AvgIpc) is 3.55. The predicted molar refractivity (Wildman–Crippen MR) is 208 cm³/mol. The van der Waals surface area contributed by atoms with Crippen LogP contribution in [-0.2, 0) is 16.1 Å². The second-order valence-corrected chi connectivity index (χ2v) is 13.8. The number of amides is 2. The molecular formula is C43H43N5O6. The van der Waals surface area contributed by atoms with Crippen molar-refractivity contribution < 1.29 is 24.1 Å². The number of nitrogens with one attached hydrogen (secondary N) is 3. The molecule has 276 valence electrons. The van der Waals surface area contributed by atoms with Crippen molar-refractivity contribution in [2.75, 3.05) is 30.3 Å². The van der Waals surface area contributed by atoms with Crippen LogP contribution in [0.25, 0.3) is 11.0 Å². The SMILES string of the molecule is O=C(Nc1ccc(Oc2ccccc2)cc1)Nc1cccc([C@H]2O[C@@H](CN3CCC(n4c(=O)[nH]c5ccccc54)CC3)C[C@@H](c3ccc(CO)cc3)O2)c1. The summed E-state index contributed by atoms with van der Waals surface area (Å²) in [5, 5.41) is 15.4. The van der Waals surface area contributed by atoms with E-state index in [2.05, 4.69) is 20.5 Å². The summed E-state index contributed by atoms with van der Waals surface area (Å²) >= 11 is 0. The van der Waals surface area contributed by atoms with Gasteiger partial charge in [-0.1, -0.05) is 66.7 Å². The van der Waals surface area contributed by atoms with Gasteiger partial charge in [-0.3, -0.25) is 4.57 Å². The fourth-order valence-corrected chi connectivity index (χ4v) is 7.41. The van der Waals surface area contributed by atoms with Crippen molar-refractivity contribution in [3.05, 3.63) is 155 Å². The van der Waals surface area contributed by atoms with Crippen LogP contribution in [0.2, 0.25) is 0 Å². The number of likely N-dealkylation sites (tertiary alicyclic amines) is 1. The zero-order valence-electron chi connectivity index (χ0n) is 29.8. The van der Waals surface area contributed by atoms with Gasteiger partial charge in [0.25, 0.3) is 0 Å². The molecule has 3 atom stereocenters. The van der Waals surface area contributed by atoms with E-state index in [-0.39, 0.29) is 36.6 Å². The summed E-state index contributed by atoms with van der Waals surface area (Å²) in [6.07, 6.45) is 1.34. The van der Waals surface area contributed by atoms with E-state index in [0.717, 1.165) is 65.9 Å². The standard InChI is InChI=1S/C43H43N5O6/c49-28-29-13-15-30(16-14-29)40-26-37(27-47-23-21-34(22-24-47)48-39-12-5-4-11-38(39)46-43(48)51)53-41(54-40)31-7-6-8-33(25-31)45-42(50)44-32-17-19-36(20-18-32)52-35-9-2-1-3-10-35/h1-20,25,34,37,40-41,49H,21-24,26-28H2,(H,46,51)(H2,44,45,50)/t37-,40+,41+/m1/s1. The maximum Gasteiger partial charge on any atom is 0.326 e. The number of para-hydroxylation sites is 3. The molecule has 0 unspecified atom stereocenters. The molecular weight excluding hydrogens is 683 g/mol. The first kappa shape index (κ1) is 35.3. The molecule has 2 fully saturated rings. The van der Waals surface area contributed by atoms with E-state index in [1.54, 1.807) is 24.3 Å². The normalized spacial score (nSPS) is 19.4. The highest BCUT2D eigenvalue weighted by molar-refractivity contribution is 5.99. The van der Waals surface area contributed by atoms with Gasteiger partial charge in [-0.15, -0.1) is 0 Å². The molecule has 54 heavy (non-hydrogen) atoms. The number of ether oxygens (including phenoxy) is 3. The van der Waals surface area contributed by atoms with Gasteiger partial charge < -0.3 is 39.8 Å².